The van der Waals surface area contributed by atoms with Crippen molar-refractivity contribution in [3.05, 3.63) is 42.4 Å². The Morgan fingerprint density at radius 1 is 1.35 bits per heavy atom. The predicted molar refractivity (Wildman–Crippen MR) is 125 cm³/mol. The summed E-state index contributed by atoms with van der Waals surface area (Å²) < 4.78 is 12.8. The molecular weight excluding hydrogens is 392 g/mol. The molecule has 0 spiro atoms. The van der Waals surface area contributed by atoms with E-state index in [4.69, 9.17) is 19.6 Å². The summed E-state index contributed by atoms with van der Waals surface area (Å²) in [6.07, 6.45) is 5.39. The Balaban J connectivity index is 2.08. The second kappa shape index (κ2) is 10.1. The lowest BCUT2D eigenvalue weighted by Gasteiger charge is -2.14. The lowest BCUT2D eigenvalue weighted by Crippen LogP contribution is -2.07. The molecule has 0 fully saturated rings. The summed E-state index contributed by atoms with van der Waals surface area (Å²) in [5.74, 6) is 1.18. The monoisotopic (exact) mass is 422 g/mol. The van der Waals surface area contributed by atoms with E-state index in [9.17, 15) is 0 Å². The van der Waals surface area contributed by atoms with Crippen molar-refractivity contribution in [1.82, 2.24) is 19.7 Å². The number of aryl methyl sites for hydroxylation is 1. The summed E-state index contributed by atoms with van der Waals surface area (Å²) in [6, 6.07) is 6.09. The molecule has 3 aromatic heterocycles. The number of anilines is 1. The van der Waals surface area contributed by atoms with Crippen LogP contribution >= 0.6 is 0 Å². The lowest BCUT2D eigenvalue weighted by atomic mass is 10.1. The first-order valence-corrected chi connectivity index (χ1v) is 10.4. The maximum Gasteiger partial charge on any atom is 0.222 e. The molecule has 0 saturated carbocycles. The van der Waals surface area contributed by atoms with E-state index in [0.29, 0.717) is 24.9 Å². The minimum Gasteiger partial charge on any atom is -0.484 e. The Kier molecular flexibility index (Phi) is 7.23. The molecule has 0 aliphatic rings. The first-order valence-electron chi connectivity index (χ1n) is 10.4. The van der Waals surface area contributed by atoms with Gasteiger partial charge in [0.1, 0.15) is 11.0 Å². The van der Waals surface area contributed by atoms with E-state index < -0.39 is 0 Å². The van der Waals surface area contributed by atoms with E-state index in [1.54, 1.807) is 19.5 Å². The van der Waals surface area contributed by atoms with E-state index in [2.05, 4.69) is 29.1 Å². The minimum atomic E-state index is 0.200. The predicted octanol–water partition coefficient (Wildman–Crippen LogP) is 4.77. The van der Waals surface area contributed by atoms with Crippen LogP contribution in [0.5, 0.6) is 5.88 Å². The Hall–Kier alpha value is -3.42. The van der Waals surface area contributed by atoms with Crippen LogP contribution in [0.25, 0.3) is 22.3 Å². The van der Waals surface area contributed by atoms with Crippen LogP contribution < -0.4 is 10.1 Å². The zero-order valence-corrected chi connectivity index (χ0v) is 19.0. The highest BCUT2D eigenvalue weighted by molar-refractivity contribution is 5.93. The maximum atomic E-state index is 5.73. The smallest absolute Gasteiger partial charge is 0.222 e. The summed E-state index contributed by atoms with van der Waals surface area (Å²) in [4.78, 5) is 13.5. The van der Waals surface area contributed by atoms with Crippen LogP contribution in [-0.4, -0.2) is 45.9 Å². The molecule has 8 heteroatoms. The van der Waals surface area contributed by atoms with E-state index in [-0.39, 0.29) is 6.04 Å². The molecule has 0 aliphatic heterocycles. The van der Waals surface area contributed by atoms with Crippen molar-refractivity contribution in [3.63, 3.8) is 0 Å². The fourth-order valence-electron chi connectivity index (χ4n) is 3.20. The summed E-state index contributed by atoms with van der Waals surface area (Å²) in [5.41, 5.74) is 5.29. The number of ether oxygens (including phenoxy) is 2. The van der Waals surface area contributed by atoms with Crippen molar-refractivity contribution in [3.8, 4) is 17.1 Å². The minimum absolute atomic E-state index is 0.200. The summed E-state index contributed by atoms with van der Waals surface area (Å²) in [7, 11) is 1.60. The molecule has 0 amide bonds. The van der Waals surface area contributed by atoms with Crippen molar-refractivity contribution in [2.24, 2.45) is 4.99 Å². The normalized spacial score (nSPS) is 12.2. The molecule has 0 unspecified atom stereocenters. The fraction of sp³-hybridized carbons (Fsp3) is 0.391. The number of hydrogen-bond acceptors (Lipinski definition) is 7. The second-order valence-corrected chi connectivity index (χ2v) is 7.28. The van der Waals surface area contributed by atoms with E-state index >= 15 is 0 Å². The van der Waals surface area contributed by atoms with Gasteiger partial charge in [0.25, 0.3) is 0 Å². The molecule has 3 heterocycles. The number of aromatic nitrogens is 4. The molecule has 8 nitrogen and oxygen atoms in total. The number of fused-ring (bicyclic) bond motifs is 1. The molecule has 3 rings (SSSR count). The van der Waals surface area contributed by atoms with Gasteiger partial charge in [-0.15, -0.1) is 0 Å². The van der Waals surface area contributed by atoms with Crippen LogP contribution in [0.4, 0.5) is 5.69 Å². The van der Waals surface area contributed by atoms with Crippen molar-refractivity contribution >= 4 is 22.6 Å². The number of hydrogen-bond donors (Lipinski definition) is 1. The topological polar surface area (TPSA) is 86.4 Å². The molecule has 0 radical (unpaired) electrons. The molecule has 0 aromatic carbocycles. The van der Waals surface area contributed by atoms with Crippen molar-refractivity contribution in [2.75, 3.05) is 25.6 Å². The number of methoxy groups -OCH3 is 1. The van der Waals surface area contributed by atoms with Crippen molar-refractivity contribution < 1.29 is 9.47 Å². The third-order valence-electron chi connectivity index (χ3n) is 4.71. The molecule has 164 valence electrons. The van der Waals surface area contributed by atoms with E-state index in [1.807, 2.05) is 49.7 Å². The van der Waals surface area contributed by atoms with Crippen LogP contribution in [0.1, 0.15) is 39.4 Å². The molecule has 31 heavy (non-hydrogen) atoms. The summed E-state index contributed by atoms with van der Waals surface area (Å²) >= 11 is 0. The molecule has 3 aromatic rings. The van der Waals surface area contributed by atoms with Gasteiger partial charge in [-0.2, -0.15) is 5.10 Å². The zero-order chi connectivity index (χ0) is 22.4. The van der Waals surface area contributed by atoms with Gasteiger partial charge in [-0.1, -0.05) is 0 Å². The standard InChI is InChI=1S/C23H30N6O2/c1-7-31-23-18(10-8-11-26-23)19-14-20(25-13-9-12-24-17(5)30-6)22-21(27-19)16(4)28-29(22)15(2)3/h8-12,14-15H,7,13H2,1-6H3,(H,25,27)/b12-9+,24-17?. The molecule has 0 saturated heterocycles. The van der Waals surface area contributed by atoms with Gasteiger partial charge in [0.2, 0.25) is 5.88 Å². The molecule has 0 bridgehead atoms. The van der Waals surface area contributed by atoms with Gasteiger partial charge in [-0.05, 0) is 52.0 Å². The largest absolute Gasteiger partial charge is 0.484 e. The molecular formula is C23H30N6O2. The average Bonchev–Trinajstić information content (AvgIpc) is 3.11. The average molecular weight is 423 g/mol. The maximum absolute atomic E-state index is 5.73. The van der Waals surface area contributed by atoms with Crippen LogP contribution in [0.3, 0.4) is 0 Å². The van der Waals surface area contributed by atoms with Gasteiger partial charge < -0.3 is 14.8 Å². The molecule has 0 atom stereocenters. The highest BCUT2D eigenvalue weighted by Crippen LogP contribution is 2.34. The van der Waals surface area contributed by atoms with Crippen LogP contribution in [0.2, 0.25) is 0 Å². The highest BCUT2D eigenvalue weighted by Gasteiger charge is 2.19. The van der Waals surface area contributed by atoms with Gasteiger partial charge in [0.15, 0.2) is 5.90 Å². The first-order chi connectivity index (χ1) is 15.0. The Morgan fingerprint density at radius 3 is 2.87 bits per heavy atom. The first kappa shape index (κ1) is 22.3. The van der Waals surface area contributed by atoms with Gasteiger partial charge in [-0.25, -0.2) is 15.0 Å². The third-order valence-corrected chi connectivity index (χ3v) is 4.71. The summed E-state index contributed by atoms with van der Waals surface area (Å²) in [5, 5.41) is 8.22. The number of rotatable bonds is 8. The van der Waals surface area contributed by atoms with Gasteiger partial charge in [-0.3, -0.25) is 4.68 Å². The lowest BCUT2D eigenvalue weighted by molar-refractivity contribution is 0.328. The van der Waals surface area contributed by atoms with Gasteiger partial charge >= 0.3 is 0 Å². The zero-order valence-electron chi connectivity index (χ0n) is 19.0. The Morgan fingerprint density at radius 2 is 2.16 bits per heavy atom. The number of pyridine rings is 2. The summed E-state index contributed by atoms with van der Waals surface area (Å²) in [6.45, 7) is 11.1. The quantitative estimate of drug-likeness (QED) is 0.416. The second-order valence-electron chi connectivity index (χ2n) is 7.28. The van der Waals surface area contributed by atoms with Crippen LogP contribution in [0.15, 0.2) is 41.7 Å². The number of nitrogens with one attached hydrogen (secondary N) is 1. The van der Waals surface area contributed by atoms with Crippen molar-refractivity contribution in [1.29, 1.82) is 0 Å². The number of aliphatic imine (C=N–C) groups is 1. The SMILES string of the molecule is CCOc1ncccc1-c1cc(NC/C=C/N=C(C)OC)c2c(n1)c(C)nn2C(C)C. The molecule has 0 aliphatic carbocycles. The molecule has 1 N–H and O–H groups in total. The Labute approximate surface area is 183 Å². The third kappa shape index (κ3) is 5.02. The Bertz CT molecular complexity index is 1100. The van der Waals surface area contributed by atoms with Crippen molar-refractivity contribution in [2.45, 2.75) is 40.7 Å². The van der Waals surface area contributed by atoms with Gasteiger partial charge in [0, 0.05) is 31.9 Å². The fourth-order valence-corrected chi connectivity index (χ4v) is 3.20. The van der Waals surface area contributed by atoms with E-state index in [0.717, 1.165) is 33.7 Å². The highest BCUT2D eigenvalue weighted by atomic mass is 16.5. The van der Waals surface area contributed by atoms with E-state index in [1.165, 1.54) is 0 Å². The number of nitrogens with zero attached hydrogens (tertiary/aromatic N) is 5. The van der Waals surface area contributed by atoms with Crippen LogP contribution in [-0.2, 0) is 4.74 Å². The van der Waals surface area contributed by atoms with Gasteiger partial charge in [0.05, 0.1) is 36.4 Å². The van der Waals surface area contributed by atoms with Crippen LogP contribution in [0, 0.1) is 6.92 Å².